The first kappa shape index (κ1) is 17.9. The molecule has 1 aliphatic rings. The molecule has 2 aromatic carbocycles. The van der Waals surface area contributed by atoms with E-state index in [4.69, 9.17) is 20.6 Å². The van der Waals surface area contributed by atoms with Crippen molar-refractivity contribution < 1.29 is 13.9 Å². The molecule has 4 rings (SSSR count). The number of aromatic nitrogens is 1. The van der Waals surface area contributed by atoms with Gasteiger partial charge in [-0.15, -0.1) is 11.3 Å². The summed E-state index contributed by atoms with van der Waals surface area (Å²) in [5, 5.41) is 9.73. The molecule has 0 saturated heterocycles. The average Bonchev–Trinajstić information content (AvgIpc) is 3.24. The minimum atomic E-state index is -0.244. The predicted molar refractivity (Wildman–Crippen MR) is 102 cm³/mol. The third-order valence-corrected chi connectivity index (χ3v) is 4.24. The number of nitrogen functional groups attached to an aromatic ring is 1. The van der Waals surface area contributed by atoms with Crippen LogP contribution in [0.15, 0.2) is 47.8 Å². The number of rotatable bonds is 3. The van der Waals surface area contributed by atoms with Crippen LogP contribution in [0.5, 0.6) is 11.5 Å². The minimum absolute atomic E-state index is 0.244. The van der Waals surface area contributed by atoms with Crippen molar-refractivity contribution in [1.82, 2.24) is 4.98 Å². The van der Waals surface area contributed by atoms with Crippen LogP contribution in [0.2, 0.25) is 0 Å². The zero-order valence-electron chi connectivity index (χ0n) is 14.2. The smallest absolute Gasteiger partial charge is 0.231 e. The van der Waals surface area contributed by atoms with Crippen molar-refractivity contribution in [1.29, 1.82) is 5.41 Å². The van der Waals surface area contributed by atoms with Crippen molar-refractivity contribution in [3.63, 3.8) is 0 Å². The topological polar surface area (TPSA) is 81.2 Å². The summed E-state index contributed by atoms with van der Waals surface area (Å²) in [6.45, 7) is 2.10. The van der Waals surface area contributed by atoms with Crippen molar-refractivity contribution >= 4 is 22.2 Å². The van der Waals surface area contributed by atoms with Crippen LogP contribution in [0.4, 0.5) is 9.52 Å². The predicted octanol–water partition coefficient (Wildman–Crippen LogP) is 4.53. The normalized spacial score (nSPS) is 11.6. The van der Waals surface area contributed by atoms with E-state index in [0.717, 1.165) is 28.3 Å². The van der Waals surface area contributed by atoms with E-state index in [0.29, 0.717) is 24.1 Å². The Morgan fingerprint density at radius 1 is 1.19 bits per heavy atom. The largest absolute Gasteiger partial charge is 0.454 e. The second-order valence-corrected chi connectivity index (χ2v) is 6.61. The van der Waals surface area contributed by atoms with Crippen LogP contribution in [0.3, 0.4) is 0 Å². The highest BCUT2D eigenvalue weighted by molar-refractivity contribution is 7.13. The molecule has 0 aliphatic carbocycles. The zero-order chi connectivity index (χ0) is 18.5. The van der Waals surface area contributed by atoms with E-state index in [2.05, 4.69) is 4.98 Å². The number of nitrogens with two attached hydrogens (primary N) is 1. The quantitative estimate of drug-likeness (QED) is 0.663. The maximum absolute atomic E-state index is 12.6. The first-order valence-electron chi connectivity index (χ1n) is 7.91. The van der Waals surface area contributed by atoms with Crippen molar-refractivity contribution in [2.24, 2.45) is 0 Å². The number of ether oxygens (including phenoxy) is 2. The monoisotopic (exact) mass is 371 g/mol. The molecule has 7 heteroatoms. The van der Waals surface area contributed by atoms with Crippen molar-refractivity contribution in [2.75, 3.05) is 12.5 Å². The summed E-state index contributed by atoms with van der Waals surface area (Å²) in [7, 11) is 0. The van der Waals surface area contributed by atoms with Gasteiger partial charge in [0.15, 0.2) is 16.6 Å². The molecule has 1 aliphatic heterocycles. The van der Waals surface area contributed by atoms with E-state index in [1.165, 1.54) is 23.5 Å². The average molecular weight is 371 g/mol. The molecule has 0 saturated carbocycles. The lowest BCUT2D eigenvalue weighted by Gasteiger charge is -2.00. The molecule has 0 radical (unpaired) electrons. The molecule has 2 heterocycles. The van der Waals surface area contributed by atoms with E-state index in [1.54, 1.807) is 19.1 Å². The molecule has 0 fully saturated rings. The fourth-order valence-corrected chi connectivity index (χ4v) is 2.97. The fourth-order valence-electron chi connectivity index (χ4n) is 2.40. The second kappa shape index (κ2) is 7.97. The van der Waals surface area contributed by atoms with Crippen molar-refractivity contribution in [3.8, 4) is 22.8 Å². The van der Waals surface area contributed by atoms with E-state index in [9.17, 15) is 4.39 Å². The van der Waals surface area contributed by atoms with Gasteiger partial charge in [-0.05, 0) is 48.9 Å². The third-order valence-electron chi connectivity index (χ3n) is 3.57. The molecule has 0 spiro atoms. The number of hydrogen-bond donors (Lipinski definition) is 2. The van der Waals surface area contributed by atoms with Crippen LogP contribution in [0, 0.1) is 11.2 Å². The Morgan fingerprint density at radius 3 is 2.58 bits per heavy atom. The minimum Gasteiger partial charge on any atom is -0.454 e. The number of thiazole rings is 1. The van der Waals surface area contributed by atoms with Crippen LogP contribution < -0.4 is 15.2 Å². The first-order valence-corrected chi connectivity index (χ1v) is 8.79. The summed E-state index contributed by atoms with van der Waals surface area (Å²) in [4.78, 5) is 4.08. The van der Waals surface area contributed by atoms with Gasteiger partial charge < -0.3 is 20.6 Å². The first-order chi connectivity index (χ1) is 12.5. The van der Waals surface area contributed by atoms with Crippen LogP contribution in [-0.4, -0.2) is 17.5 Å². The van der Waals surface area contributed by atoms with Crippen molar-refractivity contribution in [2.45, 2.75) is 13.3 Å². The molecule has 134 valence electrons. The molecule has 26 heavy (non-hydrogen) atoms. The fraction of sp³-hybridized carbons (Fsp3) is 0.158. The summed E-state index contributed by atoms with van der Waals surface area (Å²) < 4.78 is 23.0. The number of hydrogen-bond acceptors (Lipinski definition) is 6. The van der Waals surface area contributed by atoms with Crippen LogP contribution >= 0.6 is 11.3 Å². The summed E-state index contributed by atoms with van der Waals surface area (Å²) in [6, 6.07) is 12.0. The lowest BCUT2D eigenvalue weighted by molar-refractivity contribution is 0.174. The molecule has 0 unspecified atom stereocenters. The Hall–Kier alpha value is -2.93. The van der Waals surface area contributed by atoms with Gasteiger partial charge in [0.2, 0.25) is 6.79 Å². The molecule has 0 amide bonds. The maximum atomic E-state index is 12.6. The molecule has 3 aromatic rings. The van der Waals surface area contributed by atoms with Gasteiger partial charge in [0.1, 0.15) is 5.82 Å². The van der Waals surface area contributed by atoms with Gasteiger partial charge >= 0.3 is 0 Å². The Balaban J connectivity index is 0.000000151. The van der Waals surface area contributed by atoms with E-state index in [1.807, 2.05) is 23.6 Å². The summed E-state index contributed by atoms with van der Waals surface area (Å²) in [5.41, 5.74) is 8.90. The van der Waals surface area contributed by atoms with Gasteiger partial charge in [-0.1, -0.05) is 6.07 Å². The van der Waals surface area contributed by atoms with Gasteiger partial charge in [0, 0.05) is 23.1 Å². The highest BCUT2D eigenvalue weighted by atomic mass is 32.1. The Labute approximate surface area is 154 Å². The molecular weight excluding hydrogens is 353 g/mol. The lowest BCUT2D eigenvalue weighted by Crippen LogP contribution is -1.95. The number of benzene rings is 2. The standard InChI is InChI=1S/C10H11NO2.C9H7FN2S/c1-7(11)4-8-2-3-9-10(5-8)13-6-12-9;10-7-3-1-6(2-4-7)8-5-13-9(11)12-8/h2-3,5,11H,4,6H2,1H3;1-5H,(H2,11,12). The molecule has 5 nitrogen and oxygen atoms in total. The summed E-state index contributed by atoms with van der Waals surface area (Å²) >= 11 is 1.38. The number of nitrogens with one attached hydrogen (secondary N) is 1. The van der Waals surface area contributed by atoms with Gasteiger partial charge in [-0.2, -0.15) is 0 Å². The van der Waals surface area contributed by atoms with Gasteiger partial charge in [0.25, 0.3) is 0 Å². The van der Waals surface area contributed by atoms with E-state index < -0.39 is 0 Å². The Bertz CT molecular complexity index is 909. The zero-order valence-corrected chi connectivity index (χ0v) is 15.0. The second-order valence-electron chi connectivity index (χ2n) is 5.72. The van der Waals surface area contributed by atoms with Gasteiger partial charge in [-0.3, -0.25) is 0 Å². The van der Waals surface area contributed by atoms with Crippen molar-refractivity contribution in [3.05, 3.63) is 59.2 Å². The van der Waals surface area contributed by atoms with Crippen LogP contribution in [0.25, 0.3) is 11.3 Å². The summed E-state index contributed by atoms with van der Waals surface area (Å²) in [6.07, 6.45) is 0.677. The van der Waals surface area contributed by atoms with Gasteiger partial charge in [-0.25, -0.2) is 9.37 Å². The Morgan fingerprint density at radius 2 is 1.92 bits per heavy atom. The SMILES string of the molecule is CC(=N)Cc1ccc2c(c1)OCO2.Nc1nc(-c2ccc(F)cc2)cs1. The number of fused-ring (bicyclic) bond motifs is 1. The lowest BCUT2D eigenvalue weighted by atomic mass is 10.1. The van der Waals surface area contributed by atoms with Crippen LogP contribution in [0.1, 0.15) is 12.5 Å². The highest BCUT2D eigenvalue weighted by Crippen LogP contribution is 2.32. The molecule has 3 N–H and O–H groups in total. The summed E-state index contributed by atoms with van der Waals surface area (Å²) in [5.74, 6) is 1.34. The van der Waals surface area contributed by atoms with Crippen LogP contribution in [-0.2, 0) is 6.42 Å². The Kier molecular flexibility index (Phi) is 5.48. The molecular formula is C19H18FN3O2S. The molecule has 1 aromatic heterocycles. The van der Waals surface area contributed by atoms with E-state index >= 15 is 0 Å². The number of nitrogens with zero attached hydrogens (tertiary/aromatic N) is 1. The number of halogens is 1. The molecule has 0 bridgehead atoms. The van der Waals surface area contributed by atoms with Gasteiger partial charge in [0.05, 0.1) is 5.69 Å². The highest BCUT2D eigenvalue weighted by Gasteiger charge is 2.12. The van der Waals surface area contributed by atoms with E-state index in [-0.39, 0.29) is 5.82 Å². The maximum Gasteiger partial charge on any atom is 0.231 e. The number of anilines is 1. The molecule has 0 atom stereocenters. The third kappa shape index (κ3) is 4.58.